The Labute approximate surface area is 165 Å². The summed E-state index contributed by atoms with van der Waals surface area (Å²) < 4.78 is 30.3. The number of esters is 1. The minimum absolute atomic E-state index is 0.00357. The van der Waals surface area contributed by atoms with E-state index in [2.05, 4.69) is 5.32 Å². The largest absolute Gasteiger partial charge is 0.452 e. The lowest BCUT2D eigenvalue weighted by Crippen LogP contribution is -2.46. The molecule has 0 saturated heterocycles. The van der Waals surface area contributed by atoms with E-state index >= 15 is 0 Å². The zero-order valence-electron chi connectivity index (χ0n) is 17.0. The Hall–Kier alpha value is -2.46. The van der Waals surface area contributed by atoms with Crippen LogP contribution in [0.4, 0.5) is 0 Å². The SMILES string of the molecule is CN(CC(=O)NC(C)(C)C)C(=O)COC(=O)c1cccc(S(=O)(=O)N(C)C)c1. The van der Waals surface area contributed by atoms with E-state index < -0.39 is 34.0 Å². The third kappa shape index (κ3) is 6.93. The molecule has 0 heterocycles. The van der Waals surface area contributed by atoms with Gasteiger partial charge in [0.15, 0.2) is 6.61 Å². The van der Waals surface area contributed by atoms with Gasteiger partial charge in [0.2, 0.25) is 15.9 Å². The van der Waals surface area contributed by atoms with E-state index in [1.807, 2.05) is 20.8 Å². The Morgan fingerprint density at radius 1 is 1.11 bits per heavy atom. The molecule has 1 aromatic carbocycles. The molecule has 0 spiro atoms. The molecule has 1 N–H and O–H groups in total. The van der Waals surface area contributed by atoms with Crippen LogP contribution in [0.15, 0.2) is 29.2 Å². The predicted octanol–water partition coefficient (Wildman–Crippen LogP) is 0.467. The second kappa shape index (κ2) is 9.16. The molecule has 0 atom stereocenters. The molecule has 1 aromatic rings. The summed E-state index contributed by atoms with van der Waals surface area (Å²) in [5.41, 5.74) is -0.422. The van der Waals surface area contributed by atoms with Crippen molar-refractivity contribution in [2.24, 2.45) is 0 Å². The van der Waals surface area contributed by atoms with Gasteiger partial charge in [-0.25, -0.2) is 17.5 Å². The van der Waals surface area contributed by atoms with Gasteiger partial charge in [0, 0.05) is 26.7 Å². The predicted molar refractivity (Wildman–Crippen MR) is 103 cm³/mol. The second-order valence-electron chi connectivity index (χ2n) is 7.44. The highest BCUT2D eigenvalue weighted by atomic mass is 32.2. The molecule has 2 amide bonds. The summed E-state index contributed by atoms with van der Waals surface area (Å²) in [5.74, 6) is -1.73. The number of carbonyl (C=O) groups excluding carboxylic acids is 3. The van der Waals surface area contributed by atoms with Crippen LogP contribution in [0.25, 0.3) is 0 Å². The van der Waals surface area contributed by atoms with Gasteiger partial charge in [0.05, 0.1) is 17.0 Å². The maximum absolute atomic E-state index is 12.1. The zero-order valence-corrected chi connectivity index (χ0v) is 17.8. The number of hydrogen-bond acceptors (Lipinski definition) is 6. The van der Waals surface area contributed by atoms with E-state index in [-0.39, 0.29) is 22.9 Å². The van der Waals surface area contributed by atoms with Crippen LogP contribution in [0.1, 0.15) is 31.1 Å². The third-order valence-electron chi connectivity index (χ3n) is 3.50. The average molecular weight is 413 g/mol. The first-order valence-corrected chi connectivity index (χ1v) is 9.93. The number of likely N-dealkylation sites (N-methyl/N-ethyl adjacent to an activating group) is 1. The van der Waals surface area contributed by atoms with E-state index in [9.17, 15) is 22.8 Å². The standard InChI is InChI=1S/C18H27N3O6S/c1-18(2,3)19-15(22)11-21(6)16(23)12-27-17(24)13-8-7-9-14(10-13)28(25,26)20(4)5/h7-10H,11-12H2,1-6H3,(H,19,22). The molecule has 156 valence electrons. The highest BCUT2D eigenvalue weighted by Crippen LogP contribution is 2.15. The lowest BCUT2D eigenvalue weighted by molar-refractivity contribution is -0.137. The number of rotatable bonds is 7. The molecular weight excluding hydrogens is 386 g/mol. The Morgan fingerprint density at radius 2 is 1.71 bits per heavy atom. The summed E-state index contributed by atoms with van der Waals surface area (Å²) in [7, 11) is 0.478. The van der Waals surface area contributed by atoms with Gasteiger partial charge in [0.1, 0.15) is 0 Å². The number of sulfonamides is 1. The van der Waals surface area contributed by atoms with Crippen molar-refractivity contribution in [3.05, 3.63) is 29.8 Å². The third-order valence-corrected chi connectivity index (χ3v) is 5.31. The van der Waals surface area contributed by atoms with Crippen LogP contribution < -0.4 is 5.32 Å². The number of carbonyl (C=O) groups is 3. The lowest BCUT2D eigenvalue weighted by atomic mass is 10.1. The number of hydrogen-bond donors (Lipinski definition) is 1. The molecule has 0 bridgehead atoms. The van der Waals surface area contributed by atoms with Gasteiger partial charge in [-0.1, -0.05) is 6.07 Å². The molecular formula is C18H27N3O6S. The van der Waals surface area contributed by atoms with Crippen molar-refractivity contribution in [2.45, 2.75) is 31.2 Å². The van der Waals surface area contributed by atoms with Gasteiger partial charge in [-0.15, -0.1) is 0 Å². The zero-order chi connectivity index (χ0) is 21.7. The van der Waals surface area contributed by atoms with Crippen molar-refractivity contribution in [1.82, 2.24) is 14.5 Å². The average Bonchev–Trinajstić information content (AvgIpc) is 2.57. The Balaban J connectivity index is 2.70. The van der Waals surface area contributed by atoms with Crippen molar-refractivity contribution < 1.29 is 27.5 Å². The van der Waals surface area contributed by atoms with Crippen molar-refractivity contribution in [1.29, 1.82) is 0 Å². The van der Waals surface area contributed by atoms with E-state index in [0.29, 0.717) is 0 Å². The van der Waals surface area contributed by atoms with Crippen LogP contribution in [-0.4, -0.2) is 75.2 Å². The Kier molecular flexibility index (Phi) is 7.71. The summed E-state index contributed by atoms with van der Waals surface area (Å²) in [6.45, 7) is 4.71. The summed E-state index contributed by atoms with van der Waals surface area (Å²) >= 11 is 0. The molecule has 0 fully saturated rings. The first-order chi connectivity index (χ1) is 12.7. The van der Waals surface area contributed by atoms with Crippen molar-refractivity contribution >= 4 is 27.8 Å². The first kappa shape index (κ1) is 23.6. The molecule has 0 radical (unpaired) electrons. The number of benzene rings is 1. The van der Waals surface area contributed by atoms with E-state index in [1.54, 1.807) is 0 Å². The Bertz CT molecular complexity index is 843. The highest BCUT2D eigenvalue weighted by molar-refractivity contribution is 7.89. The second-order valence-corrected chi connectivity index (χ2v) is 9.59. The fourth-order valence-electron chi connectivity index (χ4n) is 2.08. The molecule has 1 rings (SSSR count). The van der Waals surface area contributed by atoms with Crippen LogP contribution >= 0.6 is 0 Å². The lowest BCUT2D eigenvalue weighted by Gasteiger charge is -2.23. The summed E-state index contributed by atoms with van der Waals surface area (Å²) in [6.07, 6.45) is 0. The van der Waals surface area contributed by atoms with E-state index in [1.165, 1.54) is 45.4 Å². The molecule has 0 aliphatic rings. The number of nitrogens with one attached hydrogen (secondary N) is 1. The van der Waals surface area contributed by atoms with Gasteiger partial charge in [-0.3, -0.25) is 9.59 Å². The molecule has 0 aromatic heterocycles. The quantitative estimate of drug-likeness (QED) is 0.650. The first-order valence-electron chi connectivity index (χ1n) is 8.49. The molecule has 9 nitrogen and oxygen atoms in total. The summed E-state index contributed by atoms with van der Waals surface area (Å²) in [4.78, 5) is 37.1. The molecule has 10 heteroatoms. The normalized spacial score (nSPS) is 11.8. The van der Waals surface area contributed by atoms with Gasteiger partial charge < -0.3 is 15.0 Å². The minimum atomic E-state index is -3.70. The van der Waals surface area contributed by atoms with Gasteiger partial charge in [0.25, 0.3) is 5.91 Å². The maximum atomic E-state index is 12.1. The maximum Gasteiger partial charge on any atom is 0.338 e. The smallest absolute Gasteiger partial charge is 0.338 e. The molecule has 0 aliphatic heterocycles. The Morgan fingerprint density at radius 3 is 2.25 bits per heavy atom. The van der Waals surface area contributed by atoms with Gasteiger partial charge in [-0.05, 0) is 39.0 Å². The molecule has 28 heavy (non-hydrogen) atoms. The number of amides is 2. The summed E-state index contributed by atoms with van der Waals surface area (Å²) in [5, 5.41) is 2.72. The van der Waals surface area contributed by atoms with E-state index in [4.69, 9.17) is 4.74 Å². The van der Waals surface area contributed by atoms with Crippen LogP contribution in [0.2, 0.25) is 0 Å². The molecule has 0 unspecified atom stereocenters. The highest BCUT2D eigenvalue weighted by Gasteiger charge is 2.21. The minimum Gasteiger partial charge on any atom is -0.452 e. The van der Waals surface area contributed by atoms with Crippen LogP contribution in [-0.2, 0) is 24.3 Å². The fourth-order valence-corrected chi connectivity index (χ4v) is 3.02. The van der Waals surface area contributed by atoms with Crippen molar-refractivity contribution in [3.63, 3.8) is 0 Å². The van der Waals surface area contributed by atoms with Crippen LogP contribution in [0, 0.1) is 0 Å². The summed E-state index contributed by atoms with van der Waals surface area (Å²) in [6, 6.07) is 5.35. The van der Waals surface area contributed by atoms with Gasteiger partial charge >= 0.3 is 5.97 Å². The number of nitrogens with zero attached hydrogens (tertiary/aromatic N) is 2. The van der Waals surface area contributed by atoms with Crippen LogP contribution in [0.5, 0.6) is 0 Å². The van der Waals surface area contributed by atoms with E-state index in [0.717, 1.165) is 9.21 Å². The molecule has 0 saturated carbocycles. The van der Waals surface area contributed by atoms with Crippen molar-refractivity contribution in [3.8, 4) is 0 Å². The van der Waals surface area contributed by atoms with Crippen molar-refractivity contribution in [2.75, 3.05) is 34.3 Å². The molecule has 0 aliphatic carbocycles. The number of ether oxygens (including phenoxy) is 1. The van der Waals surface area contributed by atoms with Gasteiger partial charge in [-0.2, -0.15) is 0 Å². The monoisotopic (exact) mass is 413 g/mol. The fraction of sp³-hybridized carbons (Fsp3) is 0.500. The van der Waals surface area contributed by atoms with Crippen LogP contribution in [0.3, 0.4) is 0 Å². The topological polar surface area (TPSA) is 113 Å².